The van der Waals surface area contributed by atoms with Gasteiger partial charge in [-0.05, 0) is 30.4 Å². The number of benzene rings is 1. The molecule has 1 aromatic carbocycles. The third-order valence-corrected chi connectivity index (χ3v) is 3.39. The molecule has 0 saturated carbocycles. The van der Waals surface area contributed by atoms with Crippen LogP contribution in [-0.2, 0) is 0 Å². The van der Waals surface area contributed by atoms with Crippen molar-refractivity contribution in [3.05, 3.63) is 28.2 Å². The van der Waals surface area contributed by atoms with Crippen LogP contribution in [0.3, 0.4) is 0 Å². The average Bonchev–Trinajstić information content (AvgIpc) is 2.26. The fourth-order valence-corrected chi connectivity index (χ4v) is 2.27. The van der Waals surface area contributed by atoms with E-state index < -0.39 is 0 Å². The minimum atomic E-state index is 0.247. The fraction of sp³-hybridized carbons (Fsp3) is 0.455. The highest BCUT2D eigenvalue weighted by atomic mass is 35.5. The summed E-state index contributed by atoms with van der Waals surface area (Å²) in [5.41, 5.74) is 0. The molecule has 1 N–H and O–H groups in total. The van der Waals surface area contributed by atoms with E-state index in [1.54, 1.807) is 30.0 Å². The molecule has 0 fully saturated rings. The summed E-state index contributed by atoms with van der Waals surface area (Å²) >= 11 is 13.5. The Kier molecular flexibility index (Phi) is 7.05. The van der Waals surface area contributed by atoms with Crippen LogP contribution in [0.15, 0.2) is 18.2 Å². The predicted octanol–water partition coefficient (Wildman–Crippen LogP) is 3.49. The highest BCUT2D eigenvalue weighted by molar-refractivity contribution is 7.99. The summed E-state index contributed by atoms with van der Waals surface area (Å²) in [5.74, 6) is 2.50. The smallest absolute Gasteiger partial charge is 0.138 e. The molecule has 5 heteroatoms. The first kappa shape index (κ1) is 14.0. The summed E-state index contributed by atoms with van der Waals surface area (Å²) in [4.78, 5) is 0. The third kappa shape index (κ3) is 5.30. The summed E-state index contributed by atoms with van der Waals surface area (Å²) in [7, 11) is 0. The minimum Gasteiger partial charge on any atom is -0.491 e. The topological polar surface area (TPSA) is 29.5 Å². The van der Waals surface area contributed by atoms with Crippen molar-refractivity contribution >= 4 is 35.0 Å². The molecule has 0 aliphatic heterocycles. The van der Waals surface area contributed by atoms with Crippen molar-refractivity contribution in [1.82, 2.24) is 0 Å². The zero-order valence-electron chi connectivity index (χ0n) is 8.79. The zero-order valence-corrected chi connectivity index (χ0v) is 11.1. The van der Waals surface area contributed by atoms with Crippen molar-refractivity contribution in [2.45, 2.75) is 6.42 Å². The maximum Gasteiger partial charge on any atom is 0.138 e. The molecule has 90 valence electrons. The van der Waals surface area contributed by atoms with E-state index in [0.29, 0.717) is 22.4 Å². The van der Waals surface area contributed by atoms with Gasteiger partial charge in [0, 0.05) is 17.4 Å². The number of hydrogen-bond acceptors (Lipinski definition) is 3. The zero-order chi connectivity index (χ0) is 11.8. The summed E-state index contributed by atoms with van der Waals surface area (Å²) in [5, 5.41) is 9.73. The second-order valence-electron chi connectivity index (χ2n) is 3.11. The summed E-state index contributed by atoms with van der Waals surface area (Å²) < 4.78 is 5.50. The molecule has 0 aliphatic carbocycles. The molecule has 0 heterocycles. The van der Waals surface area contributed by atoms with E-state index in [4.69, 9.17) is 33.0 Å². The van der Waals surface area contributed by atoms with E-state index in [9.17, 15) is 0 Å². The van der Waals surface area contributed by atoms with Gasteiger partial charge in [0.25, 0.3) is 0 Å². The van der Waals surface area contributed by atoms with Gasteiger partial charge in [-0.25, -0.2) is 0 Å². The first-order valence-electron chi connectivity index (χ1n) is 5.00. The summed E-state index contributed by atoms with van der Waals surface area (Å²) in [6.45, 7) is 0.855. The molecule has 0 bridgehead atoms. The van der Waals surface area contributed by atoms with Crippen LogP contribution in [0.25, 0.3) is 0 Å². The van der Waals surface area contributed by atoms with Crippen molar-refractivity contribution in [2.24, 2.45) is 0 Å². The first-order valence-corrected chi connectivity index (χ1v) is 6.91. The van der Waals surface area contributed by atoms with Crippen molar-refractivity contribution in [3.63, 3.8) is 0 Å². The monoisotopic (exact) mass is 280 g/mol. The van der Waals surface area contributed by atoms with Crippen LogP contribution in [0.2, 0.25) is 10.0 Å². The summed E-state index contributed by atoms with van der Waals surface area (Å²) in [6.07, 6.45) is 0.826. The Morgan fingerprint density at radius 3 is 2.75 bits per heavy atom. The molecule has 0 amide bonds. The Morgan fingerprint density at radius 2 is 2.06 bits per heavy atom. The largest absolute Gasteiger partial charge is 0.491 e. The molecule has 16 heavy (non-hydrogen) atoms. The van der Waals surface area contributed by atoms with Gasteiger partial charge in [-0.1, -0.05) is 23.2 Å². The molecule has 2 nitrogen and oxygen atoms in total. The maximum absolute atomic E-state index is 8.59. The Balaban J connectivity index is 2.21. The molecule has 0 aromatic heterocycles. The highest BCUT2D eigenvalue weighted by Crippen LogP contribution is 2.27. The Morgan fingerprint density at radius 1 is 1.25 bits per heavy atom. The molecule has 1 rings (SSSR count). The number of thioether (sulfide) groups is 1. The number of aliphatic hydroxyl groups excluding tert-OH is 1. The molecule has 0 aliphatic rings. The van der Waals surface area contributed by atoms with Crippen molar-refractivity contribution in [1.29, 1.82) is 0 Å². The minimum absolute atomic E-state index is 0.247. The van der Waals surface area contributed by atoms with Crippen LogP contribution in [0.5, 0.6) is 5.75 Å². The van der Waals surface area contributed by atoms with E-state index in [0.717, 1.165) is 17.9 Å². The number of rotatable bonds is 7. The number of aliphatic hydroxyl groups is 1. The molecular formula is C11H14Cl2O2S. The third-order valence-electron chi connectivity index (χ3n) is 1.83. The fourth-order valence-electron chi connectivity index (χ4n) is 1.07. The van der Waals surface area contributed by atoms with Crippen LogP contribution in [0.4, 0.5) is 0 Å². The molecule has 1 aromatic rings. The normalized spacial score (nSPS) is 10.4. The van der Waals surface area contributed by atoms with E-state index in [1.807, 2.05) is 0 Å². The van der Waals surface area contributed by atoms with Crippen LogP contribution >= 0.6 is 35.0 Å². The van der Waals surface area contributed by atoms with Crippen LogP contribution in [0.1, 0.15) is 6.42 Å². The SMILES string of the molecule is OCCCSCCOc1ccc(Cl)cc1Cl. The Labute approximate surface area is 110 Å². The van der Waals surface area contributed by atoms with Gasteiger partial charge in [0.2, 0.25) is 0 Å². The van der Waals surface area contributed by atoms with Crippen LogP contribution in [0, 0.1) is 0 Å². The van der Waals surface area contributed by atoms with Crippen LogP contribution < -0.4 is 4.74 Å². The lowest BCUT2D eigenvalue weighted by molar-refractivity contribution is 0.296. The lowest BCUT2D eigenvalue weighted by Crippen LogP contribution is -2.01. The first-order chi connectivity index (χ1) is 7.74. The van der Waals surface area contributed by atoms with Gasteiger partial charge >= 0.3 is 0 Å². The molecule has 0 saturated heterocycles. The number of ether oxygens (including phenoxy) is 1. The Bertz CT molecular complexity index is 321. The Hall–Kier alpha value is -0.0900. The van der Waals surface area contributed by atoms with E-state index in [-0.39, 0.29) is 6.61 Å². The highest BCUT2D eigenvalue weighted by Gasteiger charge is 2.01. The van der Waals surface area contributed by atoms with Crippen molar-refractivity contribution in [2.75, 3.05) is 24.7 Å². The van der Waals surface area contributed by atoms with E-state index in [2.05, 4.69) is 0 Å². The van der Waals surface area contributed by atoms with Crippen LogP contribution in [-0.4, -0.2) is 29.8 Å². The van der Waals surface area contributed by atoms with E-state index in [1.165, 1.54) is 0 Å². The second kappa shape index (κ2) is 8.07. The standard InChI is InChI=1S/C11H14Cl2O2S/c12-9-2-3-11(10(13)8-9)15-5-7-16-6-1-4-14/h2-3,8,14H,1,4-7H2. The van der Waals surface area contributed by atoms with Gasteiger partial charge < -0.3 is 9.84 Å². The van der Waals surface area contributed by atoms with E-state index >= 15 is 0 Å². The molecular weight excluding hydrogens is 267 g/mol. The van der Waals surface area contributed by atoms with Crippen molar-refractivity contribution < 1.29 is 9.84 Å². The van der Waals surface area contributed by atoms with Crippen molar-refractivity contribution in [3.8, 4) is 5.75 Å². The molecule has 0 unspecified atom stereocenters. The van der Waals surface area contributed by atoms with Gasteiger partial charge in [-0.15, -0.1) is 0 Å². The van der Waals surface area contributed by atoms with Gasteiger partial charge in [-0.2, -0.15) is 11.8 Å². The average molecular weight is 281 g/mol. The van der Waals surface area contributed by atoms with Gasteiger partial charge in [0.05, 0.1) is 11.6 Å². The van der Waals surface area contributed by atoms with Gasteiger partial charge in [0.1, 0.15) is 5.75 Å². The molecule has 0 spiro atoms. The van der Waals surface area contributed by atoms with Gasteiger partial charge in [0.15, 0.2) is 0 Å². The lowest BCUT2D eigenvalue weighted by Gasteiger charge is -2.07. The quantitative estimate of drug-likeness (QED) is 0.776. The number of halogens is 2. The lowest BCUT2D eigenvalue weighted by atomic mass is 10.3. The molecule has 0 radical (unpaired) electrons. The summed E-state index contributed by atoms with van der Waals surface area (Å²) in [6, 6.07) is 5.18. The maximum atomic E-state index is 8.59. The molecule has 0 atom stereocenters. The second-order valence-corrected chi connectivity index (χ2v) is 5.18. The van der Waals surface area contributed by atoms with Gasteiger partial charge in [-0.3, -0.25) is 0 Å². The number of hydrogen-bond donors (Lipinski definition) is 1. The predicted molar refractivity (Wildman–Crippen MR) is 71.0 cm³/mol.